The molecule has 0 radical (unpaired) electrons. The van der Waals surface area contributed by atoms with Gasteiger partial charge in [0, 0.05) is 25.7 Å². The third-order valence-corrected chi connectivity index (χ3v) is 5.13. The number of likely N-dealkylation sites (tertiary alicyclic amines) is 1. The molecule has 2 aliphatic rings. The van der Waals surface area contributed by atoms with E-state index in [0.29, 0.717) is 17.9 Å². The highest BCUT2D eigenvalue weighted by molar-refractivity contribution is 5.42. The van der Waals surface area contributed by atoms with Crippen LogP contribution in [0.4, 0.5) is 0 Å². The van der Waals surface area contributed by atoms with Gasteiger partial charge >= 0.3 is 0 Å². The minimum atomic E-state index is -0.0353. The smallest absolute Gasteiger partial charge is 0.160 e. The fraction of sp³-hybridized carbons (Fsp3) is 0.700. The van der Waals surface area contributed by atoms with Gasteiger partial charge in [-0.2, -0.15) is 0 Å². The Hall–Kier alpha value is -1.30. The highest BCUT2D eigenvalue weighted by Crippen LogP contribution is 2.27. The van der Waals surface area contributed by atoms with Crippen molar-refractivity contribution in [1.82, 2.24) is 4.90 Å². The van der Waals surface area contributed by atoms with Gasteiger partial charge in [0.1, 0.15) is 0 Å². The van der Waals surface area contributed by atoms with Gasteiger partial charge in [-0.3, -0.25) is 4.90 Å². The van der Waals surface area contributed by atoms with Gasteiger partial charge in [-0.25, -0.2) is 0 Å². The fourth-order valence-electron chi connectivity index (χ4n) is 3.71. The van der Waals surface area contributed by atoms with E-state index in [1.807, 2.05) is 18.2 Å². The first-order chi connectivity index (χ1) is 12.2. The van der Waals surface area contributed by atoms with Crippen LogP contribution in [0.15, 0.2) is 18.2 Å². The zero-order valence-electron chi connectivity index (χ0n) is 15.6. The molecular formula is C20H33NO4. The Bertz CT molecular complexity index is 500. The fourth-order valence-corrected chi connectivity index (χ4v) is 3.71. The average Bonchev–Trinajstić information content (AvgIpc) is 3.09. The van der Waals surface area contributed by atoms with E-state index >= 15 is 0 Å². The van der Waals surface area contributed by atoms with Crippen molar-refractivity contribution in [3.05, 3.63) is 23.8 Å². The summed E-state index contributed by atoms with van der Waals surface area (Å²) in [5.41, 5.74) is 1.04. The van der Waals surface area contributed by atoms with Gasteiger partial charge in [0.25, 0.3) is 0 Å². The Balaban J connectivity index is 0.000000181. The molecule has 1 unspecified atom stereocenters. The van der Waals surface area contributed by atoms with Crippen LogP contribution in [0, 0.1) is 0 Å². The molecule has 5 nitrogen and oxygen atoms in total. The lowest BCUT2D eigenvalue weighted by molar-refractivity contribution is 0.142. The normalized spacial score (nSPS) is 21.5. The van der Waals surface area contributed by atoms with Gasteiger partial charge in [-0.15, -0.1) is 0 Å². The van der Waals surface area contributed by atoms with Gasteiger partial charge in [0.2, 0.25) is 0 Å². The molecule has 25 heavy (non-hydrogen) atoms. The number of nitrogens with zero attached hydrogens (tertiary/aromatic N) is 1. The molecule has 1 saturated carbocycles. The second-order valence-electron chi connectivity index (χ2n) is 6.89. The Kier molecular flexibility index (Phi) is 8.52. The van der Waals surface area contributed by atoms with Crippen LogP contribution in [-0.4, -0.2) is 61.2 Å². The minimum absolute atomic E-state index is 0.0353. The third kappa shape index (κ3) is 6.17. The summed E-state index contributed by atoms with van der Waals surface area (Å²) in [6.07, 6.45) is 8.56. The van der Waals surface area contributed by atoms with Gasteiger partial charge in [-0.1, -0.05) is 25.3 Å². The summed E-state index contributed by atoms with van der Waals surface area (Å²) in [4.78, 5) is 2.49. The molecule has 1 aromatic carbocycles. The van der Waals surface area contributed by atoms with E-state index in [-0.39, 0.29) is 12.7 Å². The molecule has 1 heterocycles. The highest BCUT2D eigenvalue weighted by atomic mass is 16.5. The lowest BCUT2D eigenvalue weighted by atomic mass is 9.94. The minimum Gasteiger partial charge on any atom is -0.493 e. The van der Waals surface area contributed by atoms with Crippen molar-refractivity contribution >= 4 is 0 Å². The number of rotatable bonds is 5. The molecule has 142 valence electrons. The van der Waals surface area contributed by atoms with E-state index < -0.39 is 0 Å². The van der Waals surface area contributed by atoms with Crippen molar-refractivity contribution in [2.45, 2.75) is 57.1 Å². The van der Waals surface area contributed by atoms with Crippen LogP contribution in [-0.2, 0) is 6.42 Å². The molecule has 1 aliphatic carbocycles. The molecule has 1 aromatic rings. The number of β-amino-alcohol motifs (C(OH)–C–C–N with tert-alkyl or cyclic N) is 1. The van der Waals surface area contributed by atoms with Gasteiger partial charge < -0.3 is 19.7 Å². The molecule has 2 fully saturated rings. The molecule has 0 spiro atoms. The van der Waals surface area contributed by atoms with Crippen molar-refractivity contribution in [3.8, 4) is 11.5 Å². The van der Waals surface area contributed by atoms with E-state index in [1.165, 1.54) is 32.1 Å². The number of aliphatic hydroxyl groups is 2. The van der Waals surface area contributed by atoms with Crippen molar-refractivity contribution in [1.29, 1.82) is 0 Å². The number of hydrogen-bond donors (Lipinski definition) is 2. The van der Waals surface area contributed by atoms with Crippen molar-refractivity contribution in [2.75, 3.05) is 33.9 Å². The number of benzene rings is 1. The lowest BCUT2D eigenvalue weighted by Crippen LogP contribution is -2.35. The lowest BCUT2D eigenvalue weighted by Gasteiger charge is -2.30. The standard InChI is InChI=1S/C10H19NO.C10H14O3/c12-10-6-7-11(8-10)9-4-2-1-3-5-9;1-12-9-4-3-8(5-6-11)7-10(9)13-2/h9-10,12H,1-8H2;3-4,7,11H,5-6H2,1-2H3. The molecule has 1 atom stereocenters. The number of methoxy groups -OCH3 is 2. The molecule has 1 aliphatic heterocycles. The Labute approximate surface area is 151 Å². The molecule has 3 rings (SSSR count). The zero-order valence-corrected chi connectivity index (χ0v) is 15.6. The molecule has 0 amide bonds. The van der Waals surface area contributed by atoms with Crippen LogP contribution in [0.1, 0.15) is 44.1 Å². The first kappa shape index (κ1) is 20.0. The van der Waals surface area contributed by atoms with E-state index in [0.717, 1.165) is 31.1 Å². The summed E-state index contributed by atoms with van der Waals surface area (Å²) in [5.74, 6) is 1.41. The quantitative estimate of drug-likeness (QED) is 0.854. The summed E-state index contributed by atoms with van der Waals surface area (Å²) in [6.45, 7) is 2.21. The van der Waals surface area contributed by atoms with Crippen LogP contribution in [0.2, 0.25) is 0 Å². The average molecular weight is 351 g/mol. The van der Waals surface area contributed by atoms with E-state index in [2.05, 4.69) is 4.90 Å². The predicted octanol–water partition coefficient (Wildman–Crippen LogP) is 2.62. The van der Waals surface area contributed by atoms with Crippen LogP contribution >= 0.6 is 0 Å². The summed E-state index contributed by atoms with van der Waals surface area (Å²) in [6, 6.07) is 6.42. The largest absolute Gasteiger partial charge is 0.493 e. The molecule has 1 saturated heterocycles. The van der Waals surface area contributed by atoms with Crippen molar-refractivity contribution in [2.24, 2.45) is 0 Å². The maximum Gasteiger partial charge on any atom is 0.160 e. The Morgan fingerprint density at radius 2 is 1.76 bits per heavy atom. The highest BCUT2D eigenvalue weighted by Gasteiger charge is 2.27. The number of hydrogen-bond acceptors (Lipinski definition) is 5. The topological polar surface area (TPSA) is 62.2 Å². The molecule has 5 heteroatoms. The molecule has 0 bridgehead atoms. The second kappa shape index (κ2) is 10.6. The zero-order chi connectivity index (χ0) is 18.1. The van der Waals surface area contributed by atoms with Gasteiger partial charge in [0.15, 0.2) is 11.5 Å². The first-order valence-corrected chi connectivity index (χ1v) is 9.41. The van der Waals surface area contributed by atoms with Crippen LogP contribution < -0.4 is 9.47 Å². The van der Waals surface area contributed by atoms with Gasteiger partial charge in [0.05, 0.1) is 20.3 Å². The Morgan fingerprint density at radius 1 is 1.04 bits per heavy atom. The molecule has 0 aromatic heterocycles. The van der Waals surface area contributed by atoms with Crippen LogP contribution in [0.25, 0.3) is 0 Å². The summed E-state index contributed by atoms with van der Waals surface area (Å²) in [7, 11) is 3.20. The molecular weight excluding hydrogens is 318 g/mol. The molecule has 2 N–H and O–H groups in total. The number of ether oxygens (including phenoxy) is 2. The van der Waals surface area contributed by atoms with E-state index in [9.17, 15) is 5.11 Å². The SMILES string of the molecule is COc1ccc(CCO)cc1OC.OC1CCN(C2CCCCC2)C1. The summed E-state index contributed by atoms with van der Waals surface area (Å²) in [5, 5.41) is 18.1. The predicted molar refractivity (Wildman–Crippen MR) is 99.4 cm³/mol. The number of aliphatic hydroxyl groups excluding tert-OH is 2. The summed E-state index contributed by atoms with van der Waals surface area (Å²) < 4.78 is 10.2. The first-order valence-electron chi connectivity index (χ1n) is 9.41. The second-order valence-corrected chi connectivity index (χ2v) is 6.89. The maximum absolute atomic E-state index is 9.39. The van der Waals surface area contributed by atoms with Crippen LogP contribution in [0.3, 0.4) is 0 Å². The Morgan fingerprint density at radius 3 is 2.32 bits per heavy atom. The van der Waals surface area contributed by atoms with E-state index in [1.54, 1.807) is 14.2 Å². The summed E-state index contributed by atoms with van der Waals surface area (Å²) >= 11 is 0. The third-order valence-electron chi connectivity index (χ3n) is 5.13. The maximum atomic E-state index is 9.39. The van der Waals surface area contributed by atoms with E-state index in [4.69, 9.17) is 14.6 Å². The monoisotopic (exact) mass is 351 g/mol. The van der Waals surface area contributed by atoms with Crippen molar-refractivity contribution in [3.63, 3.8) is 0 Å². The van der Waals surface area contributed by atoms with Crippen LogP contribution in [0.5, 0.6) is 11.5 Å². The van der Waals surface area contributed by atoms with Gasteiger partial charge in [-0.05, 0) is 43.4 Å². The van der Waals surface area contributed by atoms with Crippen molar-refractivity contribution < 1.29 is 19.7 Å².